The van der Waals surface area contributed by atoms with Gasteiger partial charge in [-0.15, -0.1) is 5.10 Å². The molecule has 0 atom stereocenters. The van der Waals surface area contributed by atoms with Crippen LogP contribution in [0.5, 0.6) is 5.75 Å². The van der Waals surface area contributed by atoms with E-state index in [-0.39, 0.29) is 41.7 Å². The van der Waals surface area contributed by atoms with Crippen LogP contribution in [0.2, 0.25) is 0 Å². The predicted molar refractivity (Wildman–Crippen MR) is 136 cm³/mol. The largest absolute Gasteiger partial charge is 0.494 e. The zero-order valence-corrected chi connectivity index (χ0v) is 21.0. The van der Waals surface area contributed by atoms with Gasteiger partial charge in [0.2, 0.25) is 5.91 Å². The number of benzene rings is 1. The highest BCUT2D eigenvalue weighted by Gasteiger charge is 2.23. The van der Waals surface area contributed by atoms with Crippen molar-refractivity contribution < 1.29 is 23.8 Å². The quantitative estimate of drug-likeness (QED) is 0.135. The van der Waals surface area contributed by atoms with Crippen LogP contribution >= 0.6 is 0 Å². The fraction of sp³-hybridized carbons (Fsp3) is 0.440. The molecule has 0 radical (unpaired) electrons. The molecular weight excluding hydrogens is 481 g/mol. The molecule has 1 aliphatic carbocycles. The number of amides is 2. The zero-order chi connectivity index (χ0) is 26.9. The third-order valence-corrected chi connectivity index (χ3v) is 6.19. The number of hydrazone groups is 1. The number of nitrogens with one attached hydrogen (secondary N) is 2. The molecule has 12 heteroatoms. The zero-order valence-electron chi connectivity index (χ0n) is 21.0. The summed E-state index contributed by atoms with van der Waals surface area (Å²) in [5.41, 5.74) is 8.11. The maximum absolute atomic E-state index is 13.6. The molecule has 200 valence electrons. The molecule has 1 heterocycles. The minimum atomic E-state index is -0.508. The number of aliphatic hydroxyl groups excluding tert-OH is 1. The summed E-state index contributed by atoms with van der Waals surface area (Å²) in [5.74, 6) is 5.36. The summed E-state index contributed by atoms with van der Waals surface area (Å²) < 4.78 is 18.6. The molecule has 0 unspecified atom stereocenters. The van der Waals surface area contributed by atoms with Crippen molar-refractivity contribution in [3.05, 3.63) is 58.7 Å². The molecule has 1 saturated carbocycles. The Hall–Kier alpha value is -3.77. The third-order valence-electron chi connectivity index (χ3n) is 6.19. The number of rotatable bonds is 10. The van der Waals surface area contributed by atoms with Gasteiger partial charge in [0.15, 0.2) is 17.4 Å². The van der Waals surface area contributed by atoms with Gasteiger partial charge < -0.3 is 26.2 Å². The van der Waals surface area contributed by atoms with Crippen molar-refractivity contribution in [2.75, 3.05) is 20.3 Å². The summed E-state index contributed by atoms with van der Waals surface area (Å²) in [6.07, 6.45) is 3.32. The van der Waals surface area contributed by atoms with E-state index in [1.807, 2.05) is 0 Å². The first-order valence-corrected chi connectivity index (χ1v) is 12.0. The van der Waals surface area contributed by atoms with Gasteiger partial charge >= 0.3 is 0 Å². The topological polar surface area (TPSA) is 168 Å². The molecule has 2 amide bonds. The number of ether oxygens (including phenoxy) is 1. The van der Waals surface area contributed by atoms with Gasteiger partial charge in [-0.1, -0.05) is 6.07 Å². The smallest absolute Gasteiger partial charge is 0.270 e. The van der Waals surface area contributed by atoms with Crippen LogP contribution < -0.4 is 26.9 Å². The standard InChI is InChI=1S/C25H34FN7O4/c1-15-9-18(11-21(30-15)25(36)29-12-17-5-8-20(26)22(10-17)37-2)24(27)32-33(28)13-16-3-6-19(7-4-16)31-23(35)14-34/h5,8-11,16,19,34H,3-4,6-7,12-14,28H2,1-2H3,(H2,27,32)(H,29,36)(H,31,35). The Morgan fingerprint density at radius 3 is 2.65 bits per heavy atom. The highest BCUT2D eigenvalue weighted by Crippen LogP contribution is 2.25. The van der Waals surface area contributed by atoms with E-state index < -0.39 is 18.3 Å². The number of halogens is 1. The number of aromatic nitrogens is 1. The van der Waals surface area contributed by atoms with Gasteiger partial charge in [-0.3, -0.25) is 9.59 Å². The van der Waals surface area contributed by atoms with E-state index >= 15 is 0 Å². The van der Waals surface area contributed by atoms with Crippen LogP contribution in [0.3, 0.4) is 0 Å². The lowest BCUT2D eigenvalue weighted by atomic mass is 9.86. The molecule has 0 spiro atoms. The lowest BCUT2D eigenvalue weighted by Gasteiger charge is -2.30. The maximum atomic E-state index is 13.6. The first kappa shape index (κ1) is 27.8. The minimum Gasteiger partial charge on any atom is -0.494 e. The number of hydrogen-bond acceptors (Lipinski definition) is 8. The van der Waals surface area contributed by atoms with Crippen molar-refractivity contribution in [3.63, 3.8) is 0 Å². The summed E-state index contributed by atoms with van der Waals surface area (Å²) in [6.45, 7) is 1.88. The molecule has 0 aliphatic heterocycles. The Labute approximate surface area is 215 Å². The molecule has 1 aromatic carbocycles. The van der Waals surface area contributed by atoms with Crippen molar-refractivity contribution in [2.45, 2.75) is 45.2 Å². The van der Waals surface area contributed by atoms with Crippen LogP contribution in [0.15, 0.2) is 35.4 Å². The van der Waals surface area contributed by atoms with Crippen LogP contribution in [0.25, 0.3) is 0 Å². The lowest BCUT2D eigenvalue weighted by molar-refractivity contribution is -0.124. The molecule has 0 bridgehead atoms. The van der Waals surface area contributed by atoms with Gasteiger partial charge in [0.25, 0.3) is 5.91 Å². The van der Waals surface area contributed by atoms with Crippen LogP contribution in [0, 0.1) is 18.7 Å². The number of aryl methyl sites for hydroxylation is 1. The van der Waals surface area contributed by atoms with Gasteiger partial charge in [-0.05, 0) is 68.4 Å². The van der Waals surface area contributed by atoms with Gasteiger partial charge in [0.1, 0.15) is 12.3 Å². The Kier molecular flexibility index (Phi) is 9.75. The Bertz CT molecular complexity index is 1140. The fourth-order valence-corrected chi connectivity index (χ4v) is 4.28. The molecule has 1 aromatic heterocycles. The molecule has 37 heavy (non-hydrogen) atoms. The number of amidine groups is 1. The van der Waals surface area contributed by atoms with Gasteiger partial charge in [0, 0.05) is 23.8 Å². The molecule has 1 fully saturated rings. The average molecular weight is 516 g/mol. The number of carbonyl (C=O) groups is 2. The molecule has 1 aliphatic rings. The Morgan fingerprint density at radius 1 is 1.24 bits per heavy atom. The van der Waals surface area contributed by atoms with Crippen molar-refractivity contribution in [1.29, 1.82) is 0 Å². The number of pyridine rings is 1. The van der Waals surface area contributed by atoms with E-state index in [0.29, 0.717) is 23.4 Å². The second-order valence-electron chi connectivity index (χ2n) is 9.08. The second-order valence-corrected chi connectivity index (χ2v) is 9.08. The maximum Gasteiger partial charge on any atom is 0.270 e. The number of aliphatic hydroxyl groups is 1. The summed E-state index contributed by atoms with van der Waals surface area (Å²) in [6, 6.07) is 7.66. The fourth-order valence-electron chi connectivity index (χ4n) is 4.28. The number of hydrazine groups is 1. The highest BCUT2D eigenvalue weighted by molar-refractivity contribution is 6.00. The first-order chi connectivity index (χ1) is 17.7. The van der Waals surface area contributed by atoms with E-state index in [1.54, 1.807) is 19.1 Å². The average Bonchev–Trinajstić information content (AvgIpc) is 2.88. The number of carbonyl (C=O) groups excluding carboxylic acids is 2. The van der Waals surface area contributed by atoms with E-state index in [0.717, 1.165) is 25.7 Å². The van der Waals surface area contributed by atoms with Crippen LogP contribution in [0.4, 0.5) is 4.39 Å². The van der Waals surface area contributed by atoms with E-state index in [1.165, 1.54) is 30.4 Å². The van der Waals surface area contributed by atoms with Crippen molar-refractivity contribution in [2.24, 2.45) is 22.6 Å². The van der Waals surface area contributed by atoms with Crippen LogP contribution in [-0.4, -0.2) is 59.2 Å². The van der Waals surface area contributed by atoms with Gasteiger partial charge in [-0.2, -0.15) is 0 Å². The second kappa shape index (κ2) is 13.0. The summed E-state index contributed by atoms with van der Waals surface area (Å²) >= 11 is 0. The number of methoxy groups -OCH3 is 1. The summed E-state index contributed by atoms with van der Waals surface area (Å²) in [5, 5.41) is 20.0. The molecule has 7 N–H and O–H groups in total. The molecule has 0 saturated heterocycles. The van der Waals surface area contributed by atoms with Crippen LogP contribution in [-0.2, 0) is 11.3 Å². The van der Waals surface area contributed by atoms with Crippen molar-refractivity contribution >= 4 is 17.6 Å². The Balaban J connectivity index is 1.58. The Morgan fingerprint density at radius 2 is 1.97 bits per heavy atom. The van der Waals surface area contributed by atoms with E-state index in [2.05, 4.69) is 20.7 Å². The van der Waals surface area contributed by atoms with E-state index in [4.69, 9.17) is 21.4 Å². The molecule has 3 rings (SSSR count). The molecule has 11 nitrogen and oxygen atoms in total. The van der Waals surface area contributed by atoms with Crippen LogP contribution in [0.1, 0.15) is 53.0 Å². The summed E-state index contributed by atoms with van der Waals surface area (Å²) in [7, 11) is 1.37. The normalized spacial score (nSPS) is 17.7. The molecular formula is C25H34FN7O4. The van der Waals surface area contributed by atoms with Gasteiger partial charge in [0.05, 0.1) is 13.7 Å². The van der Waals surface area contributed by atoms with Crippen molar-refractivity contribution in [1.82, 2.24) is 20.7 Å². The summed E-state index contributed by atoms with van der Waals surface area (Å²) in [4.78, 5) is 28.4. The number of nitrogens with two attached hydrogens (primary N) is 2. The first-order valence-electron chi connectivity index (χ1n) is 12.0. The predicted octanol–water partition coefficient (Wildman–Crippen LogP) is 0.931. The molecule has 2 aromatic rings. The van der Waals surface area contributed by atoms with E-state index in [9.17, 15) is 14.0 Å². The highest BCUT2D eigenvalue weighted by atomic mass is 19.1. The monoisotopic (exact) mass is 515 g/mol. The number of hydrogen-bond donors (Lipinski definition) is 5. The minimum absolute atomic E-state index is 0.0603. The SMILES string of the molecule is COc1cc(CNC(=O)c2cc(/C(N)=N/N(N)CC3CCC(NC(=O)CO)CC3)cc(C)n2)ccc1F. The van der Waals surface area contributed by atoms with Crippen molar-refractivity contribution in [3.8, 4) is 5.75 Å². The lowest BCUT2D eigenvalue weighted by Crippen LogP contribution is -2.41. The van der Waals surface area contributed by atoms with Gasteiger partial charge in [-0.25, -0.2) is 20.3 Å². The number of nitrogens with zero attached hydrogens (tertiary/aromatic N) is 3. The third kappa shape index (κ3) is 8.12.